The van der Waals surface area contributed by atoms with Crippen LogP contribution in [0, 0.1) is 5.92 Å². The fraction of sp³-hybridized carbons (Fsp3) is 0.882. The minimum Gasteiger partial charge on any atom is -0.480 e. The van der Waals surface area contributed by atoms with Gasteiger partial charge in [-0.25, -0.2) is 4.79 Å². The SMILES string of the molecule is CCC(C(=O)O)N1CCC(CN(CC)C(=O)OC(C)(C)C)CC1. The van der Waals surface area contributed by atoms with Crippen molar-refractivity contribution in [1.29, 1.82) is 0 Å². The number of aliphatic carboxylic acids is 1. The second-order valence-corrected chi connectivity index (χ2v) is 7.26. The zero-order chi connectivity index (χ0) is 17.6. The molecule has 1 unspecified atom stereocenters. The topological polar surface area (TPSA) is 70.1 Å². The maximum Gasteiger partial charge on any atom is 0.410 e. The number of likely N-dealkylation sites (tertiary alicyclic amines) is 1. The Morgan fingerprint density at radius 2 is 1.83 bits per heavy atom. The molecule has 0 aromatic rings. The van der Waals surface area contributed by atoms with E-state index in [-0.39, 0.29) is 12.1 Å². The van der Waals surface area contributed by atoms with Gasteiger partial charge in [0.15, 0.2) is 0 Å². The van der Waals surface area contributed by atoms with Gasteiger partial charge in [0.05, 0.1) is 0 Å². The summed E-state index contributed by atoms with van der Waals surface area (Å²) >= 11 is 0. The summed E-state index contributed by atoms with van der Waals surface area (Å²) in [6.45, 7) is 12.3. The summed E-state index contributed by atoms with van der Waals surface area (Å²) in [5, 5.41) is 9.24. The third-order valence-electron chi connectivity index (χ3n) is 4.27. The molecular weight excluding hydrogens is 296 g/mol. The molecule has 0 radical (unpaired) electrons. The van der Waals surface area contributed by atoms with E-state index in [1.807, 2.05) is 39.5 Å². The summed E-state index contributed by atoms with van der Waals surface area (Å²) in [6, 6.07) is -0.385. The number of ether oxygens (including phenoxy) is 1. The number of carbonyl (C=O) groups excluding carboxylic acids is 1. The van der Waals surface area contributed by atoms with E-state index in [0.717, 1.165) is 25.9 Å². The summed E-state index contributed by atoms with van der Waals surface area (Å²) in [4.78, 5) is 27.2. The molecule has 1 atom stereocenters. The van der Waals surface area contributed by atoms with E-state index >= 15 is 0 Å². The van der Waals surface area contributed by atoms with Gasteiger partial charge in [0.2, 0.25) is 0 Å². The Hall–Kier alpha value is -1.30. The Morgan fingerprint density at radius 1 is 1.26 bits per heavy atom. The molecule has 1 aliphatic heterocycles. The molecule has 6 nitrogen and oxygen atoms in total. The van der Waals surface area contributed by atoms with Crippen LogP contribution in [0.1, 0.15) is 53.9 Å². The molecule has 0 bridgehead atoms. The van der Waals surface area contributed by atoms with Gasteiger partial charge < -0.3 is 14.7 Å². The van der Waals surface area contributed by atoms with E-state index in [4.69, 9.17) is 4.74 Å². The van der Waals surface area contributed by atoms with Crippen molar-refractivity contribution in [3.05, 3.63) is 0 Å². The van der Waals surface area contributed by atoms with E-state index in [1.165, 1.54) is 0 Å². The molecule has 1 heterocycles. The lowest BCUT2D eigenvalue weighted by molar-refractivity contribution is -0.144. The Morgan fingerprint density at radius 3 is 2.22 bits per heavy atom. The highest BCUT2D eigenvalue weighted by Gasteiger charge is 2.30. The summed E-state index contributed by atoms with van der Waals surface area (Å²) < 4.78 is 5.44. The van der Waals surface area contributed by atoms with Crippen molar-refractivity contribution < 1.29 is 19.4 Å². The summed E-state index contributed by atoms with van der Waals surface area (Å²) in [7, 11) is 0. The standard InChI is InChI=1S/C17H32N2O4/c1-6-14(15(20)21)19-10-8-13(9-11-19)12-18(7-2)16(22)23-17(3,4)5/h13-14H,6-12H2,1-5H3,(H,20,21). The second-order valence-electron chi connectivity index (χ2n) is 7.26. The molecule has 1 amide bonds. The van der Waals surface area contributed by atoms with Gasteiger partial charge in [-0.05, 0) is 66.0 Å². The van der Waals surface area contributed by atoms with E-state index < -0.39 is 11.6 Å². The zero-order valence-electron chi connectivity index (χ0n) is 15.2. The predicted molar refractivity (Wildman–Crippen MR) is 89.5 cm³/mol. The van der Waals surface area contributed by atoms with Crippen LogP contribution in [0.2, 0.25) is 0 Å². The quantitative estimate of drug-likeness (QED) is 0.812. The van der Waals surface area contributed by atoms with Gasteiger partial charge in [0.1, 0.15) is 11.6 Å². The lowest BCUT2D eigenvalue weighted by atomic mass is 9.94. The van der Waals surface area contributed by atoms with Crippen molar-refractivity contribution in [3.8, 4) is 0 Å². The smallest absolute Gasteiger partial charge is 0.410 e. The van der Waals surface area contributed by atoms with Crippen molar-refractivity contribution in [2.24, 2.45) is 5.92 Å². The van der Waals surface area contributed by atoms with E-state index in [1.54, 1.807) is 4.90 Å². The molecule has 0 saturated carbocycles. The molecule has 0 spiro atoms. The van der Waals surface area contributed by atoms with E-state index in [9.17, 15) is 14.7 Å². The van der Waals surface area contributed by atoms with Crippen LogP contribution in [0.25, 0.3) is 0 Å². The Balaban J connectivity index is 2.50. The maximum absolute atomic E-state index is 12.2. The molecular formula is C17H32N2O4. The number of carboxylic acid groups (broad SMARTS) is 1. The van der Waals surface area contributed by atoms with Gasteiger partial charge in [-0.1, -0.05) is 6.92 Å². The second kappa shape index (κ2) is 8.52. The van der Waals surface area contributed by atoms with Crippen LogP contribution in [-0.2, 0) is 9.53 Å². The Kier molecular flexibility index (Phi) is 7.32. The number of carboxylic acids is 1. The van der Waals surface area contributed by atoms with Gasteiger partial charge in [0.25, 0.3) is 0 Å². The molecule has 0 aliphatic carbocycles. The van der Waals surface area contributed by atoms with Crippen molar-refractivity contribution >= 4 is 12.1 Å². The molecule has 1 fully saturated rings. The first-order valence-corrected chi connectivity index (χ1v) is 8.62. The Bertz CT molecular complexity index is 398. The first-order valence-electron chi connectivity index (χ1n) is 8.62. The number of hydrogen-bond acceptors (Lipinski definition) is 4. The van der Waals surface area contributed by atoms with Gasteiger partial charge in [0, 0.05) is 13.1 Å². The summed E-state index contributed by atoms with van der Waals surface area (Å²) in [6.07, 6.45) is 2.20. The van der Waals surface area contributed by atoms with Crippen LogP contribution in [0.3, 0.4) is 0 Å². The van der Waals surface area contributed by atoms with Gasteiger partial charge in [-0.2, -0.15) is 0 Å². The first kappa shape index (κ1) is 19.7. The van der Waals surface area contributed by atoms with Crippen LogP contribution < -0.4 is 0 Å². The largest absolute Gasteiger partial charge is 0.480 e. The van der Waals surface area contributed by atoms with Crippen LogP contribution in [-0.4, -0.2) is 64.8 Å². The summed E-state index contributed by atoms with van der Waals surface area (Å²) in [5.74, 6) is -0.333. The number of hydrogen-bond donors (Lipinski definition) is 1. The number of amides is 1. The summed E-state index contributed by atoms with van der Waals surface area (Å²) in [5.41, 5.74) is -0.482. The zero-order valence-corrected chi connectivity index (χ0v) is 15.2. The van der Waals surface area contributed by atoms with E-state index in [0.29, 0.717) is 25.4 Å². The van der Waals surface area contributed by atoms with Crippen molar-refractivity contribution in [3.63, 3.8) is 0 Å². The first-order chi connectivity index (χ1) is 10.7. The highest BCUT2D eigenvalue weighted by molar-refractivity contribution is 5.73. The van der Waals surface area contributed by atoms with Gasteiger partial charge in [-0.3, -0.25) is 9.69 Å². The predicted octanol–water partition coefficient (Wildman–Crippen LogP) is 2.82. The molecule has 0 aromatic heterocycles. The monoisotopic (exact) mass is 328 g/mol. The molecule has 1 aliphatic rings. The van der Waals surface area contributed by atoms with Gasteiger partial charge >= 0.3 is 12.1 Å². The average molecular weight is 328 g/mol. The minimum absolute atomic E-state index is 0.264. The Labute approximate surface area is 139 Å². The molecule has 1 rings (SSSR count). The molecule has 1 N–H and O–H groups in total. The highest BCUT2D eigenvalue weighted by atomic mass is 16.6. The number of nitrogens with zero attached hydrogens (tertiary/aromatic N) is 2. The number of piperidine rings is 1. The number of carbonyl (C=O) groups is 2. The third kappa shape index (κ3) is 6.37. The van der Waals surface area contributed by atoms with Crippen LogP contribution >= 0.6 is 0 Å². The number of rotatable bonds is 6. The van der Waals surface area contributed by atoms with Crippen molar-refractivity contribution in [1.82, 2.24) is 9.80 Å². The lowest BCUT2D eigenvalue weighted by Crippen LogP contribution is -2.47. The van der Waals surface area contributed by atoms with E-state index in [2.05, 4.69) is 0 Å². The highest BCUT2D eigenvalue weighted by Crippen LogP contribution is 2.22. The molecule has 0 aromatic carbocycles. The van der Waals surface area contributed by atoms with Crippen LogP contribution in [0.15, 0.2) is 0 Å². The lowest BCUT2D eigenvalue weighted by Gasteiger charge is -2.37. The molecule has 134 valence electrons. The van der Waals surface area contributed by atoms with Crippen molar-refractivity contribution in [2.75, 3.05) is 26.2 Å². The minimum atomic E-state index is -0.741. The fourth-order valence-electron chi connectivity index (χ4n) is 3.01. The third-order valence-corrected chi connectivity index (χ3v) is 4.27. The molecule has 23 heavy (non-hydrogen) atoms. The van der Waals surface area contributed by atoms with Gasteiger partial charge in [-0.15, -0.1) is 0 Å². The van der Waals surface area contributed by atoms with Crippen molar-refractivity contribution in [2.45, 2.75) is 65.5 Å². The maximum atomic E-state index is 12.2. The molecule has 1 saturated heterocycles. The molecule has 6 heteroatoms. The normalized spacial score (nSPS) is 18.5. The van der Waals surface area contributed by atoms with Crippen LogP contribution in [0.5, 0.6) is 0 Å². The van der Waals surface area contributed by atoms with Crippen LogP contribution in [0.4, 0.5) is 4.79 Å². The fourth-order valence-corrected chi connectivity index (χ4v) is 3.01. The average Bonchev–Trinajstić information content (AvgIpc) is 2.44.